The third-order valence-corrected chi connectivity index (χ3v) is 0. The molecule has 0 bridgehead atoms. The van der Waals surface area contributed by atoms with Crippen LogP contribution in [0, 0.1) is 0 Å². The Morgan fingerprint density at radius 3 is 0.500 bits per heavy atom. The molecule has 4 heteroatoms. The minimum Gasteiger partial charge on any atom is -0.197 e. The summed E-state index contributed by atoms with van der Waals surface area (Å²) in [7, 11) is 0. The van der Waals surface area contributed by atoms with Gasteiger partial charge in [-0.1, -0.05) is 0 Å². The molecule has 0 heterocycles. The molecule has 0 fully saturated rings. The fourth-order valence-electron chi connectivity index (χ4n) is 0. The Morgan fingerprint density at radius 2 is 0.500 bits per heavy atom. The topological polar surface area (TPSA) is 0 Å². The molecule has 0 aromatic carbocycles. The molecular formula is H4Ag2S2. The Balaban J connectivity index is 0. The van der Waals surface area contributed by atoms with Crippen molar-refractivity contribution in [1.29, 1.82) is 0 Å². The standard InChI is InChI=1S/2Ag.2H2S/h;;2*1H2. The van der Waals surface area contributed by atoms with Gasteiger partial charge in [0, 0.05) is 44.8 Å². The second-order valence-electron chi connectivity index (χ2n) is 0. The first-order valence-corrected chi connectivity index (χ1v) is 0. The van der Waals surface area contributed by atoms with Gasteiger partial charge in [-0.25, -0.2) is 0 Å². The molecule has 0 amide bonds. The summed E-state index contributed by atoms with van der Waals surface area (Å²) in [6.45, 7) is 0. The fourth-order valence-corrected chi connectivity index (χ4v) is 0. The van der Waals surface area contributed by atoms with Gasteiger partial charge in [0.1, 0.15) is 0 Å². The van der Waals surface area contributed by atoms with Gasteiger partial charge in [0.2, 0.25) is 0 Å². The van der Waals surface area contributed by atoms with Crippen molar-refractivity contribution in [1.82, 2.24) is 0 Å². The Labute approximate surface area is 71.0 Å². The Kier molecular flexibility index (Phi) is 166. The predicted molar refractivity (Wildman–Crippen MR) is 20.8 cm³/mol. The second-order valence-corrected chi connectivity index (χ2v) is 0. The smallest absolute Gasteiger partial charge is 0 e. The third kappa shape index (κ3) is 8.89. The number of rotatable bonds is 0. The van der Waals surface area contributed by atoms with E-state index in [9.17, 15) is 0 Å². The van der Waals surface area contributed by atoms with Crippen LogP contribution in [0.1, 0.15) is 0 Å². The van der Waals surface area contributed by atoms with Crippen molar-refractivity contribution in [3.63, 3.8) is 0 Å². The zero-order valence-corrected chi connectivity index (χ0v) is 6.57. The predicted octanol–water partition coefficient (Wildman–Crippen LogP) is 0.221. The molecule has 0 aliphatic carbocycles. The van der Waals surface area contributed by atoms with Crippen LogP contribution in [0.3, 0.4) is 0 Å². The van der Waals surface area contributed by atoms with Crippen LogP contribution in [0.2, 0.25) is 0 Å². The van der Waals surface area contributed by atoms with Crippen LogP contribution in [0.25, 0.3) is 0 Å². The average molecular weight is 284 g/mol. The van der Waals surface area contributed by atoms with Gasteiger partial charge in [0.25, 0.3) is 0 Å². The first-order chi connectivity index (χ1) is 0. The molecular weight excluding hydrogens is 280 g/mol. The van der Waals surface area contributed by atoms with E-state index in [4.69, 9.17) is 0 Å². The van der Waals surface area contributed by atoms with Crippen molar-refractivity contribution in [3.8, 4) is 0 Å². The van der Waals surface area contributed by atoms with Crippen molar-refractivity contribution in [2.75, 3.05) is 0 Å². The van der Waals surface area contributed by atoms with Crippen LogP contribution >= 0.6 is 27.0 Å². The summed E-state index contributed by atoms with van der Waals surface area (Å²) in [5, 5.41) is 0. The monoisotopic (exact) mass is 282 g/mol. The van der Waals surface area contributed by atoms with Gasteiger partial charge in [-0.3, -0.25) is 0 Å². The van der Waals surface area contributed by atoms with Crippen molar-refractivity contribution >= 4 is 27.0 Å². The molecule has 0 saturated carbocycles. The van der Waals surface area contributed by atoms with Crippen LogP contribution in [-0.4, -0.2) is 0 Å². The summed E-state index contributed by atoms with van der Waals surface area (Å²) in [6.07, 6.45) is 0. The van der Waals surface area contributed by atoms with Gasteiger partial charge >= 0.3 is 0 Å². The maximum atomic E-state index is 0. The molecule has 0 atom stereocenters. The third-order valence-electron chi connectivity index (χ3n) is 0. The molecule has 0 unspecified atom stereocenters. The zero-order chi connectivity index (χ0) is 0. The molecule has 0 aliphatic rings. The summed E-state index contributed by atoms with van der Waals surface area (Å²) in [4.78, 5) is 0. The van der Waals surface area contributed by atoms with E-state index in [0.717, 1.165) is 0 Å². The summed E-state index contributed by atoms with van der Waals surface area (Å²) in [5.41, 5.74) is 0. The van der Waals surface area contributed by atoms with Gasteiger partial charge < -0.3 is 0 Å². The maximum absolute atomic E-state index is 0. The van der Waals surface area contributed by atoms with E-state index in [1.54, 1.807) is 0 Å². The van der Waals surface area contributed by atoms with E-state index >= 15 is 0 Å². The molecule has 0 saturated heterocycles. The SMILES string of the molecule is S.S.[Ag].[Ag]. The van der Waals surface area contributed by atoms with E-state index in [-0.39, 0.29) is 71.8 Å². The Bertz CT molecular complexity index is 4.00. The number of hydrogen-bond donors (Lipinski definition) is 0. The molecule has 0 spiro atoms. The quantitative estimate of drug-likeness (QED) is 0.558. The van der Waals surface area contributed by atoms with Crippen LogP contribution in [0.15, 0.2) is 0 Å². The summed E-state index contributed by atoms with van der Waals surface area (Å²) < 4.78 is 0. The van der Waals surface area contributed by atoms with Gasteiger partial charge in [0.15, 0.2) is 0 Å². The molecule has 38 valence electrons. The van der Waals surface area contributed by atoms with Crippen molar-refractivity contribution in [2.24, 2.45) is 0 Å². The molecule has 0 rings (SSSR count). The molecule has 4 heavy (non-hydrogen) atoms. The second kappa shape index (κ2) is 19.0. The average Bonchev–Trinajstić information content (AvgIpc) is 0. The first-order valence-electron chi connectivity index (χ1n) is 0. The van der Waals surface area contributed by atoms with Gasteiger partial charge in [-0.2, -0.15) is 27.0 Å². The van der Waals surface area contributed by atoms with Crippen molar-refractivity contribution < 1.29 is 44.8 Å². The summed E-state index contributed by atoms with van der Waals surface area (Å²) in [6, 6.07) is 0. The first kappa shape index (κ1) is 34.9. The van der Waals surface area contributed by atoms with E-state index in [1.165, 1.54) is 0 Å². The van der Waals surface area contributed by atoms with Crippen LogP contribution < -0.4 is 0 Å². The zero-order valence-electron chi connectivity index (χ0n) is 1.60. The number of hydrogen-bond acceptors (Lipinski definition) is 0. The van der Waals surface area contributed by atoms with E-state index in [1.807, 2.05) is 0 Å². The minimum absolute atomic E-state index is 0. The van der Waals surface area contributed by atoms with E-state index in [0.29, 0.717) is 0 Å². The Morgan fingerprint density at radius 1 is 0.500 bits per heavy atom. The maximum Gasteiger partial charge on any atom is 0 e. The summed E-state index contributed by atoms with van der Waals surface area (Å²) >= 11 is 0. The van der Waals surface area contributed by atoms with Crippen LogP contribution in [-0.2, 0) is 44.8 Å². The minimum atomic E-state index is 0. The van der Waals surface area contributed by atoms with Gasteiger partial charge in [-0.05, 0) is 0 Å². The molecule has 0 nitrogen and oxygen atoms in total. The largest absolute Gasteiger partial charge is 0.197 e. The normalized spacial score (nSPS) is 0. The molecule has 0 aliphatic heterocycles. The van der Waals surface area contributed by atoms with E-state index in [2.05, 4.69) is 0 Å². The molecule has 0 N–H and O–H groups in total. The summed E-state index contributed by atoms with van der Waals surface area (Å²) in [5.74, 6) is 0. The van der Waals surface area contributed by atoms with Crippen molar-refractivity contribution in [2.45, 2.75) is 0 Å². The van der Waals surface area contributed by atoms with Crippen molar-refractivity contribution in [3.05, 3.63) is 0 Å². The molecule has 2 radical (unpaired) electrons. The fraction of sp³-hybridized carbons (Fsp3) is 0. The molecule has 0 aromatic heterocycles. The van der Waals surface area contributed by atoms with Crippen LogP contribution in [0.4, 0.5) is 0 Å². The van der Waals surface area contributed by atoms with Crippen LogP contribution in [0.5, 0.6) is 0 Å². The van der Waals surface area contributed by atoms with E-state index < -0.39 is 0 Å². The molecule has 0 aromatic rings. The Hall–Kier alpha value is 2.18. The van der Waals surface area contributed by atoms with Gasteiger partial charge in [-0.15, -0.1) is 0 Å². The van der Waals surface area contributed by atoms with Gasteiger partial charge in [0.05, 0.1) is 0 Å².